The molecule has 1 aliphatic heterocycles. The molecule has 7 heteroatoms. The average Bonchev–Trinajstić information content (AvgIpc) is 2.65. The fraction of sp³-hybridized carbons (Fsp3) is 0.619. The molecule has 2 fully saturated rings. The topological polar surface area (TPSA) is 67.1 Å². The predicted molar refractivity (Wildman–Crippen MR) is 106 cm³/mol. The standard InChI is InChI=1S/C21H31FN4O2/c1-16-5-7-18(8-6-16)23-20(27)14-25-9-11-26(12-10-25)15-21(28)24-19-4-2-3-17(22)13-19/h2-4,13,16,18H,5-12,14-15H2,1H3,(H,23,27)(H,24,28)/p+2. The fourth-order valence-electron chi connectivity index (χ4n) is 4.22. The van der Waals surface area contributed by atoms with Crippen LogP contribution in [-0.2, 0) is 9.59 Å². The minimum Gasteiger partial charge on any atom is -0.348 e. The van der Waals surface area contributed by atoms with Crippen molar-refractivity contribution < 1.29 is 23.8 Å². The normalized spacial score (nSPS) is 27.8. The van der Waals surface area contributed by atoms with Gasteiger partial charge >= 0.3 is 0 Å². The predicted octanol–water partition coefficient (Wildman–Crippen LogP) is -0.757. The van der Waals surface area contributed by atoms with Gasteiger partial charge < -0.3 is 20.4 Å². The summed E-state index contributed by atoms with van der Waals surface area (Å²) in [7, 11) is 0. The second-order valence-electron chi connectivity index (χ2n) is 8.44. The van der Waals surface area contributed by atoms with Gasteiger partial charge in [0.25, 0.3) is 11.8 Å². The molecule has 0 spiro atoms. The van der Waals surface area contributed by atoms with Crippen molar-refractivity contribution in [2.45, 2.75) is 38.6 Å². The van der Waals surface area contributed by atoms with Crippen LogP contribution < -0.4 is 20.4 Å². The molecule has 0 aromatic heterocycles. The smallest absolute Gasteiger partial charge is 0.279 e. The Balaban J connectivity index is 1.33. The second-order valence-corrected chi connectivity index (χ2v) is 8.44. The Morgan fingerprint density at radius 3 is 2.21 bits per heavy atom. The maximum atomic E-state index is 13.2. The van der Waals surface area contributed by atoms with Crippen LogP contribution in [0.15, 0.2) is 24.3 Å². The molecule has 0 atom stereocenters. The number of rotatable bonds is 6. The first-order valence-electron chi connectivity index (χ1n) is 10.5. The molecule has 4 N–H and O–H groups in total. The molecule has 1 aromatic rings. The molecule has 1 saturated carbocycles. The number of anilines is 1. The molecule has 0 bridgehead atoms. The van der Waals surface area contributed by atoms with E-state index in [0.717, 1.165) is 44.9 Å². The number of nitrogens with one attached hydrogen (secondary N) is 4. The van der Waals surface area contributed by atoms with Crippen molar-refractivity contribution >= 4 is 17.5 Å². The summed E-state index contributed by atoms with van der Waals surface area (Å²) in [6.45, 7) is 6.67. The van der Waals surface area contributed by atoms with Crippen molar-refractivity contribution in [2.24, 2.45) is 5.92 Å². The van der Waals surface area contributed by atoms with Crippen molar-refractivity contribution in [3.05, 3.63) is 30.1 Å². The average molecular weight is 393 g/mol. The van der Waals surface area contributed by atoms with E-state index in [1.807, 2.05) is 0 Å². The lowest BCUT2D eigenvalue weighted by Gasteiger charge is -2.30. The summed E-state index contributed by atoms with van der Waals surface area (Å²) >= 11 is 0. The highest BCUT2D eigenvalue weighted by molar-refractivity contribution is 5.91. The van der Waals surface area contributed by atoms with Gasteiger partial charge in [-0.1, -0.05) is 13.0 Å². The van der Waals surface area contributed by atoms with Crippen LogP contribution in [0.1, 0.15) is 32.6 Å². The second kappa shape index (κ2) is 9.98. The van der Waals surface area contributed by atoms with Crippen molar-refractivity contribution in [2.75, 3.05) is 44.6 Å². The minimum absolute atomic E-state index is 0.103. The van der Waals surface area contributed by atoms with Gasteiger partial charge in [0.1, 0.15) is 32.0 Å². The monoisotopic (exact) mass is 392 g/mol. The Hall–Kier alpha value is -1.99. The third kappa shape index (κ3) is 6.56. The molecule has 6 nitrogen and oxygen atoms in total. The van der Waals surface area contributed by atoms with Crippen LogP contribution in [0.4, 0.5) is 10.1 Å². The van der Waals surface area contributed by atoms with Gasteiger partial charge in [0.15, 0.2) is 13.1 Å². The number of halogens is 1. The van der Waals surface area contributed by atoms with Crippen LogP contribution >= 0.6 is 0 Å². The first-order chi connectivity index (χ1) is 13.5. The molecule has 1 aliphatic carbocycles. The van der Waals surface area contributed by atoms with Crippen LogP contribution in [0.25, 0.3) is 0 Å². The first-order valence-corrected chi connectivity index (χ1v) is 10.5. The number of hydrogen-bond acceptors (Lipinski definition) is 2. The summed E-state index contributed by atoms with van der Waals surface area (Å²) in [5.74, 6) is 0.478. The summed E-state index contributed by atoms with van der Waals surface area (Å²) in [6.07, 6.45) is 4.61. The van der Waals surface area contributed by atoms with E-state index in [0.29, 0.717) is 24.8 Å². The van der Waals surface area contributed by atoms with Gasteiger partial charge in [-0.2, -0.15) is 0 Å². The number of benzene rings is 1. The van der Waals surface area contributed by atoms with E-state index in [4.69, 9.17) is 0 Å². The third-order valence-electron chi connectivity index (χ3n) is 5.97. The lowest BCUT2D eigenvalue weighted by Crippen LogP contribution is -3.28. The Bertz CT molecular complexity index is 668. The molecular weight excluding hydrogens is 359 g/mol. The van der Waals surface area contributed by atoms with Gasteiger partial charge in [0.05, 0.1) is 0 Å². The Kier molecular flexibility index (Phi) is 7.39. The Morgan fingerprint density at radius 2 is 1.61 bits per heavy atom. The first kappa shape index (κ1) is 20.7. The zero-order valence-corrected chi connectivity index (χ0v) is 16.7. The molecule has 28 heavy (non-hydrogen) atoms. The molecule has 0 radical (unpaired) electrons. The van der Waals surface area contributed by atoms with Gasteiger partial charge in [-0.15, -0.1) is 0 Å². The third-order valence-corrected chi connectivity index (χ3v) is 5.97. The molecule has 2 aliphatic rings. The summed E-state index contributed by atoms with van der Waals surface area (Å²) < 4.78 is 13.2. The Labute approximate surface area is 166 Å². The van der Waals surface area contributed by atoms with E-state index >= 15 is 0 Å². The van der Waals surface area contributed by atoms with Crippen molar-refractivity contribution in [3.63, 3.8) is 0 Å². The minimum atomic E-state index is -0.358. The summed E-state index contributed by atoms with van der Waals surface area (Å²) in [6, 6.07) is 6.29. The lowest BCUT2D eigenvalue weighted by atomic mass is 9.87. The van der Waals surface area contributed by atoms with E-state index in [-0.39, 0.29) is 17.6 Å². The molecule has 2 amide bonds. The quantitative estimate of drug-likeness (QED) is 0.514. The van der Waals surface area contributed by atoms with Crippen molar-refractivity contribution in [1.29, 1.82) is 0 Å². The highest BCUT2D eigenvalue weighted by Crippen LogP contribution is 2.23. The number of carbonyl (C=O) groups excluding carboxylic acids is 2. The van der Waals surface area contributed by atoms with E-state index in [1.165, 1.54) is 34.8 Å². The largest absolute Gasteiger partial charge is 0.348 e. The zero-order valence-electron chi connectivity index (χ0n) is 16.7. The fourth-order valence-corrected chi connectivity index (χ4v) is 4.22. The molecule has 3 rings (SSSR count). The highest BCUT2D eigenvalue weighted by atomic mass is 19.1. The molecule has 154 valence electrons. The van der Waals surface area contributed by atoms with Gasteiger partial charge in [0.2, 0.25) is 0 Å². The van der Waals surface area contributed by atoms with Gasteiger partial charge in [-0.05, 0) is 49.8 Å². The van der Waals surface area contributed by atoms with Crippen LogP contribution in [0.3, 0.4) is 0 Å². The zero-order chi connectivity index (χ0) is 19.9. The molecule has 1 saturated heterocycles. The van der Waals surface area contributed by atoms with E-state index < -0.39 is 0 Å². The molecule has 1 heterocycles. The van der Waals surface area contributed by atoms with Crippen LogP contribution in [0, 0.1) is 11.7 Å². The van der Waals surface area contributed by atoms with Gasteiger partial charge in [-0.3, -0.25) is 9.59 Å². The van der Waals surface area contributed by atoms with E-state index in [1.54, 1.807) is 12.1 Å². The van der Waals surface area contributed by atoms with E-state index in [2.05, 4.69) is 17.6 Å². The van der Waals surface area contributed by atoms with Crippen LogP contribution in [0.2, 0.25) is 0 Å². The van der Waals surface area contributed by atoms with E-state index in [9.17, 15) is 14.0 Å². The van der Waals surface area contributed by atoms with Gasteiger partial charge in [-0.25, -0.2) is 4.39 Å². The maximum Gasteiger partial charge on any atom is 0.279 e. The highest BCUT2D eigenvalue weighted by Gasteiger charge is 2.27. The van der Waals surface area contributed by atoms with Gasteiger partial charge in [0, 0.05) is 11.7 Å². The van der Waals surface area contributed by atoms with Crippen molar-refractivity contribution in [1.82, 2.24) is 5.32 Å². The lowest BCUT2D eigenvalue weighted by molar-refractivity contribution is -1.00. The SMILES string of the molecule is CC1CCC(NC(=O)C[NH+]2CC[NH+](CC(=O)Nc3cccc(F)c3)CC2)CC1. The maximum absolute atomic E-state index is 13.2. The summed E-state index contributed by atoms with van der Waals surface area (Å²) in [5, 5.41) is 5.95. The Morgan fingerprint density at radius 1 is 1.00 bits per heavy atom. The van der Waals surface area contributed by atoms with Crippen LogP contribution in [0.5, 0.6) is 0 Å². The summed E-state index contributed by atoms with van der Waals surface area (Å²) in [4.78, 5) is 27.0. The van der Waals surface area contributed by atoms with Crippen molar-refractivity contribution in [3.8, 4) is 0 Å². The molecule has 1 aromatic carbocycles. The number of quaternary nitrogens is 2. The van der Waals surface area contributed by atoms with Crippen LogP contribution in [-0.4, -0.2) is 57.1 Å². The summed E-state index contributed by atoms with van der Waals surface area (Å²) in [5.41, 5.74) is 0.488. The molecule has 0 unspecified atom stereocenters. The number of amides is 2. The number of piperazine rings is 1. The molecular formula is C21H33FN4O2+2. The number of hydrogen-bond donors (Lipinski definition) is 4. The number of carbonyl (C=O) groups is 2.